The van der Waals surface area contributed by atoms with Crippen LogP contribution in [0.2, 0.25) is 0 Å². The maximum absolute atomic E-state index is 13.2. The third kappa shape index (κ3) is 13.5. The molecule has 0 bridgehead atoms. The van der Waals surface area contributed by atoms with Crippen molar-refractivity contribution in [2.45, 2.75) is 158 Å². The van der Waals surface area contributed by atoms with Crippen molar-refractivity contribution >= 4 is 25.5 Å². The SMILES string of the molecule is CCCCCCCCCCCCCc1cn(CC(=O)N[C@H]2[C@H]([C@H](O)[C@H](O)CO)O[C@](OP(=O)(O)OC[C@H]3O[C@@H](n4ccc(N)nc4=O)[C@H](O)[C@@H]3O)(C(=O)O)C[C@@H]2O)nn1. The van der Waals surface area contributed by atoms with Crippen LogP contribution in [0.25, 0.3) is 0 Å². The van der Waals surface area contributed by atoms with Gasteiger partial charge in [0.1, 0.15) is 49.0 Å². The van der Waals surface area contributed by atoms with Gasteiger partial charge in [0.2, 0.25) is 5.91 Å². The number of carbonyl (C=O) groups is 2. The number of nitrogens with one attached hydrogen (secondary N) is 1. The lowest BCUT2D eigenvalue weighted by atomic mass is 9.88. The van der Waals surface area contributed by atoms with Crippen LogP contribution < -0.4 is 16.7 Å². The van der Waals surface area contributed by atoms with Crippen molar-refractivity contribution in [3.05, 3.63) is 34.6 Å². The van der Waals surface area contributed by atoms with E-state index in [1.807, 2.05) is 0 Å². The summed E-state index contributed by atoms with van der Waals surface area (Å²) < 4.78 is 35.9. The van der Waals surface area contributed by atoms with E-state index in [0.29, 0.717) is 12.1 Å². The van der Waals surface area contributed by atoms with E-state index in [0.717, 1.165) is 36.4 Å². The van der Waals surface area contributed by atoms with E-state index in [1.165, 1.54) is 55.7 Å². The number of carboxylic acids is 1. The number of carboxylic acid groups (broad SMARTS) is 1. The summed E-state index contributed by atoms with van der Waals surface area (Å²) >= 11 is 0. The molecule has 59 heavy (non-hydrogen) atoms. The predicted molar refractivity (Wildman–Crippen MR) is 203 cm³/mol. The summed E-state index contributed by atoms with van der Waals surface area (Å²) in [6, 6.07) is -0.472. The van der Waals surface area contributed by atoms with Crippen molar-refractivity contribution in [3.8, 4) is 0 Å². The van der Waals surface area contributed by atoms with E-state index in [9.17, 15) is 59.6 Å². The fourth-order valence-electron chi connectivity index (χ4n) is 6.96. The number of rotatable bonds is 25. The minimum absolute atomic E-state index is 0.139. The largest absolute Gasteiger partial charge is 0.477 e. The minimum atomic E-state index is -5.60. The van der Waals surface area contributed by atoms with Crippen molar-refractivity contribution in [1.29, 1.82) is 0 Å². The van der Waals surface area contributed by atoms with E-state index < -0.39 is 112 Å². The Bertz CT molecular complexity index is 1750. The topological polar surface area (TPSA) is 354 Å². The molecule has 4 rings (SSSR count). The molecule has 0 saturated carbocycles. The number of aryl methyl sites for hydroxylation is 1. The van der Waals surface area contributed by atoms with Gasteiger partial charge in [-0.3, -0.25) is 13.9 Å². The van der Waals surface area contributed by atoms with E-state index in [4.69, 9.17) is 24.3 Å². The molecule has 24 heteroatoms. The summed E-state index contributed by atoms with van der Waals surface area (Å²) in [7, 11) is -5.60. The van der Waals surface area contributed by atoms with Gasteiger partial charge in [-0.2, -0.15) is 4.98 Å². The molecule has 2 fully saturated rings. The highest BCUT2D eigenvalue weighted by Crippen LogP contribution is 2.51. The third-order valence-electron chi connectivity index (χ3n) is 10.2. The Balaban J connectivity index is 1.34. The van der Waals surface area contributed by atoms with Gasteiger partial charge in [0.15, 0.2) is 6.23 Å². The summed E-state index contributed by atoms with van der Waals surface area (Å²) in [6.07, 6.45) is 0.131. The third-order valence-corrected chi connectivity index (χ3v) is 11.2. The lowest BCUT2D eigenvalue weighted by Gasteiger charge is -2.46. The number of anilines is 1. The number of hydrogen-bond donors (Lipinski definition) is 10. The number of aromatic nitrogens is 5. The number of nitrogens with zero attached hydrogens (tertiary/aromatic N) is 5. The maximum atomic E-state index is 13.2. The number of phosphoric acid groups is 1. The first-order chi connectivity index (χ1) is 28.0. The second-order valence-corrected chi connectivity index (χ2v) is 16.3. The molecular weight excluding hydrogens is 805 g/mol. The van der Waals surface area contributed by atoms with Crippen LogP contribution >= 0.6 is 7.82 Å². The number of ether oxygens (including phenoxy) is 2. The van der Waals surface area contributed by atoms with Crippen LogP contribution in [0.4, 0.5) is 5.82 Å². The number of unbranched alkanes of at least 4 members (excludes halogenated alkanes) is 10. The normalized spacial score (nSPS) is 27.9. The highest BCUT2D eigenvalue weighted by molar-refractivity contribution is 7.47. The molecule has 23 nitrogen and oxygen atoms in total. The zero-order valence-electron chi connectivity index (χ0n) is 32.8. The number of amides is 1. The average molecular weight is 864 g/mol. The van der Waals surface area contributed by atoms with Gasteiger partial charge in [0, 0.05) is 18.8 Å². The standard InChI is InChI=1S/C35H58N7O16P/c1-2-3-4-5-6-7-8-9-10-11-12-13-21-17-41(40-39-21)18-26(46)38-27-22(44)16-35(33(50)51,57-31(27)28(47)23(45)19-43)58-59(53,54)55-20-24-29(48)30(49)32(56-24)42-15-14-25(36)37-34(42)52/h14-15,17,22-24,27-32,43-45,47-49H,2-13,16,18-20H2,1H3,(H,38,46)(H,50,51)(H,53,54)(H2,36,37,52)/t22-,23+,24+,27+,28+,29+,30+,31+,32+,35+/m0/s1. The van der Waals surface area contributed by atoms with Gasteiger partial charge < -0.3 is 61.2 Å². The number of aliphatic hydroxyl groups is 6. The Morgan fingerprint density at radius 3 is 2.32 bits per heavy atom. The van der Waals surface area contributed by atoms with Crippen molar-refractivity contribution < 1.29 is 73.3 Å². The van der Waals surface area contributed by atoms with Crippen LogP contribution in [-0.2, 0) is 45.6 Å². The molecule has 2 aliphatic heterocycles. The molecule has 11 N–H and O–H groups in total. The second-order valence-electron chi connectivity index (χ2n) is 14.9. The van der Waals surface area contributed by atoms with Gasteiger partial charge in [-0.25, -0.2) is 23.4 Å². The number of hydrogen-bond acceptors (Lipinski definition) is 18. The monoisotopic (exact) mass is 863 g/mol. The molecule has 2 aliphatic rings. The van der Waals surface area contributed by atoms with Gasteiger partial charge in [-0.1, -0.05) is 76.3 Å². The van der Waals surface area contributed by atoms with Crippen molar-refractivity contribution in [2.24, 2.45) is 0 Å². The summed E-state index contributed by atoms with van der Waals surface area (Å²) in [5.74, 6) is -6.33. The smallest absolute Gasteiger partial charge is 0.475 e. The Hall–Kier alpha value is -3.45. The van der Waals surface area contributed by atoms with E-state index in [-0.39, 0.29) is 5.82 Å². The molecule has 1 amide bonds. The summed E-state index contributed by atoms with van der Waals surface area (Å²) in [4.78, 5) is 52.1. The highest BCUT2D eigenvalue weighted by Gasteiger charge is 2.59. The van der Waals surface area contributed by atoms with E-state index >= 15 is 0 Å². The summed E-state index contributed by atoms with van der Waals surface area (Å²) in [5, 5.41) is 83.4. The van der Waals surface area contributed by atoms with Crippen molar-refractivity contribution in [2.75, 3.05) is 18.9 Å². The molecule has 0 aromatic carbocycles. The van der Waals surface area contributed by atoms with Gasteiger partial charge in [-0.05, 0) is 18.9 Å². The lowest BCUT2D eigenvalue weighted by Crippen LogP contribution is -2.68. The molecular formula is C35H58N7O16P. The van der Waals surface area contributed by atoms with Crippen molar-refractivity contribution in [1.82, 2.24) is 29.9 Å². The number of phosphoric ester groups is 1. The first-order valence-corrected chi connectivity index (χ1v) is 21.3. The Kier molecular flexibility index (Phi) is 18.3. The second kappa shape index (κ2) is 22.4. The van der Waals surface area contributed by atoms with Gasteiger partial charge in [-0.15, -0.1) is 5.10 Å². The fraction of sp³-hybridized carbons (Fsp3) is 0.771. The Labute approximate surface area is 339 Å². The maximum Gasteiger partial charge on any atom is 0.475 e. The molecule has 0 radical (unpaired) electrons. The molecule has 2 aromatic rings. The minimum Gasteiger partial charge on any atom is -0.477 e. The summed E-state index contributed by atoms with van der Waals surface area (Å²) in [5.41, 5.74) is 5.16. The van der Waals surface area contributed by atoms with Crippen LogP contribution in [0, 0.1) is 0 Å². The Morgan fingerprint density at radius 1 is 1.07 bits per heavy atom. The van der Waals surface area contributed by atoms with Gasteiger partial charge in [0.25, 0.3) is 5.79 Å². The average Bonchev–Trinajstić information content (AvgIpc) is 3.75. The first kappa shape index (κ1) is 48.2. The molecule has 334 valence electrons. The number of aliphatic hydroxyl groups excluding tert-OH is 6. The Morgan fingerprint density at radius 2 is 1.71 bits per heavy atom. The quantitative estimate of drug-likeness (QED) is 0.0416. The first-order valence-electron chi connectivity index (χ1n) is 19.8. The van der Waals surface area contributed by atoms with Gasteiger partial charge in [0.05, 0.1) is 31.1 Å². The number of nitrogen functional groups attached to an aromatic ring is 1. The van der Waals surface area contributed by atoms with E-state index in [2.05, 4.69) is 27.5 Å². The lowest BCUT2D eigenvalue weighted by molar-refractivity contribution is -0.289. The molecule has 2 saturated heterocycles. The number of aliphatic carboxylic acids is 1. The molecule has 0 aliphatic carbocycles. The highest BCUT2D eigenvalue weighted by atomic mass is 31.2. The molecule has 4 heterocycles. The van der Waals surface area contributed by atoms with E-state index in [1.54, 1.807) is 6.20 Å². The molecule has 11 atom stereocenters. The molecule has 2 aromatic heterocycles. The molecule has 1 unspecified atom stereocenters. The van der Waals surface area contributed by atoms with Crippen molar-refractivity contribution in [3.63, 3.8) is 0 Å². The predicted octanol–water partition coefficient (Wildman–Crippen LogP) is -1.15. The van der Waals surface area contributed by atoms with Crippen LogP contribution in [0.15, 0.2) is 23.3 Å². The zero-order chi connectivity index (χ0) is 43.3. The number of nitrogens with two attached hydrogens (primary N) is 1. The van der Waals surface area contributed by atoms with Crippen LogP contribution in [-0.4, -0.2) is 145 Å². The molecule has 0 spiro atoms. The van der Waals surface area contributed by atoms with Gasteiger partial charge >= 0.3 is 19.5 Å². The van der Waals surface area contributed by atoms with Crippen LogP contribution in [0.5, 0.6) is 0 Å². The zero-order valence-corrected chi connectivity index (χ0v) is 33.7. The fourth-order valence-corrected chi connectivity index (χ4v) is 7.92. The number of carbonyl (C=O) groups excluding carboxylic acids is 1. The summed E-state index contributed by atoms with van der Waals surface area (Å²) in [6.45, 7) is -0.354. The van der Waals surface area contributed by atoms with Crippen LogP contribution in [0.1, 0.15) is 95.9 Å². The van der Waals surface area contributed by atoms with Crippen LogP contribution in [0.3, 0.4) is 0 Å².